The van der Waals surface area contributed by atoms with Gasteiger partial charge in [-0.15, -0.1) is 0 Å². The lowest BCUT2D eigenvalue weighted by Crippen LogP contribution is -2.12. The molecule has 1 aromatic heterocycles. The highest BCUT2D eigenvalue weighted by Crippen LogP contribution is 2.19. The van der Waals surface area contributed by atoms with Crippen LogP contribution in [0, 0.1) is 0 Å². The Hall–Kier alpha value is -2.60. The number of oxazole rings is 1. The molecule has 0 spiro atoms. The summed E-state index contributed by atoms with van der Waals surface area (Å²) in [6.07, 6.45) is 2.98. The molecule has 0 bridgehead atoms. The molecule has 6 heteroatoms. The van der Waals surface area contributed by atoms with Crippen LogP contribution < -0.4 is 4.74 Å². The van der Waals surface area contributed by atoms with Gasteiger partial charge in [0.2, 0.25) is 0 Å². The Morgan fingerprint density at radius 2 is 1.96 bits per heavy atom. The van der Waals surface area contributed by atoms with Crippen molar-refractivity contribution >= 4 is 21.9 Å². The van der Waals surface area contributed by atoms with Crippen molar-refractivity contribution in [1.29, 1.82) is 0 Å². The highest BCUT2D eigenvalue weighted by molar-refractivity contribution is 9.10. The van der Waals surface area contributed by atoms with Crippen molar-refractivity contribution in [3.8, 4) is 17.1 Å². The molecular weight excluding hydrogens is 374 g/mol. The number of halogens is 1. The number of ether oxygens (including phenoxy) is 2. The molecule has 0 radical (unpaired) electrons. The second kappa shape index (κ2) is 7.79. The average Bonchev–Trinajstić information content (AvgIpc) is 3.13. The molecule has 3 aromatic rings. The minimum absolute atomic E-state index is 0.176. The van der Waals surface area contributed by atoms with E-state index in [1.165, 1.54) is 6.39 Å². The maximum absolute atomic E-state index is 12.0. The first-order valence-electron chi connectivity index (χ1n) is 7.27. The minimum Gasteiger partial charge on any atom is -0.490 e. The van der Waals surface area contributed by atoms with Gasteiger partial charge in [0, 0.05) is 10.0 Å². The van der Waals surface area contributed by atoms with E-state index in [4.69, 9.17) is 13.9 Å². The topological polar surface area (TPSA) is 61.6 Å². The summed E-state index contributed by atoms with van der Waals surface area (Å²) in [5.74, 6) is 0.978. The first-order chi connectivity index (χ1) is 11.7. The summed E-state index contributed by atoms with van der Waals surface area (Å²) in [4.78, 5) is 15.8. The highest BCUT2D eigenvalue weighted by atomic mass is 79.9. The molecule has 0 fully saturated rings. The van der Waals surface area contributed by atoms with Gasteiger partial charge < -0.3 is 13.9 Å². The number of nitrogens with zero attached hydrogens (tertiary/aromatic N) is 1. The van der Waals surface area contributed by atoms with Crippen LogP contribution in [0.15, 0.2) is 70.0 Å². The van der Waals surface area contributed by atoms with Gasteiger partial charge in [-0.25, -0.2) is 9.78 Å². The number of hydrogen-bond donors (Lipinski definition) is 0. The first kappa shape index (κ1) is 16.3. The van der Waals surface area contributed by atoms with Gasteiger partial charge in [0.1, 0.15) is 19.0 Å². The molecule has 2 aromatic carbocycles. The second-order valence-electron chi connectivity index (χ2n) is 4.88. The fraction of sp³-hybridized carbons (Fsp3) is 0.111. The largest absolute Gasteiger partial charge is 0.490 e. The normalized spacial score (nSPS) is 10.4. The Kier molecular flexibility index (Phi) is 5.28. The lowest BCUT2D eigenvalue weighted by atomic mass is 10.1. The molecule has 0 aliphatic heterocycles. The first-order valence-corrected chi connectivity index (χ1v) is 8.06. The number of rotatable bonds is 6. The van der Waals surface area contributed by atoms with Crippen molar-refractivity contribution in [3.05, 3.63) is 71.2 Å². The quantitative estimate of drug-likeness (QED) is 0.465. The van der Waals surface area contributed by atoms with Gasteiger partial charge in [-0.3, -0.25) is 0 Å². The van der Waals surface area contributed by atoms with Gasteiger partial charge in [0.15, 0.2) is 12.2 Å². The number of aromatic nitrogens is 1. The maximum atomic E-state index is 12.0. The van der Waals surface area contributed by atoms with E-state index in [1.807, 2.05) is 24.3 Å². The molecule has 0 saturated heterocycles. The number of benzene rings is 2. The molecule has 0 atom stereocenters. The van der Waals surface area contributed by atoms with E-state index in [0.717, 1.165) is 15.8 Å². The van der Waals surface area contributed by atoms with Gasteiger partial charge in [-0.2, -0.15) is 0 Å². The fourth-order valence-electron chi connectivity index (χ4n) is 2.06. The van der Waals surface area contributed by atoms with Crippen molar-refractivity contribution in [2.24, 2.45) is 0 Å². The van der Waals surface area contributed by atoms with E-state index in [0.29, 0.717) is 17.9 Å². The zero-order valence-corrected chi connectivity index (χ0v) is 14.2. The monoisotopic (exact) mass is 387 g/mol. The van der Waals surface area contributed by atoms with E-state index in [2.05, 4.69) is 20.9 Å². The fourth-order valence-corrected chi connectivity index (χ4v) is 2.44. The summed E-state index contributed by atoms with van der Waals surface area (Å²) in [6.45, 7) is 0.466. The van der Waals surface area contributed by atoms with Crippen LogP contribution in [0.3, 0.4) is 0 Å². The third-order valence-corrected chi connectivity index (χ3v) is 3.71. The van der Waals surface area contributed by atoms with Crippen LogP contribution in [-0.2, 0) is 4.74 Å². The molecule has 0 aliphatic rings. The number of carbonyl (C=O) groups excluding carboxylic acids is 1. The Morgan fingerprint density at radius 3 is 2.67 bits per heavy atom. The summed E-state index contributed by atoms with van der Waals surface area (Å²) in [6, 6.07) is 14.4. The van der Waals surface area contributed by atoms with E-state index in [1.54, 1.807) is 30.5 Å². The second-order valence-corrected chi connectivity index (χ2v) is 5.80. The number of hydrogen-bond acceptors (Lipinski definition) is 5. The van der Waals surface area contributed by atoms with Gasteiger partial charge >= 0.3 is 5.97 Å². The lowest BCUT2D eigenvalue weighted by Gasteiger charge is -2.08. The van der Waals surface area contributed by atoms with Crippen LogP contribution in [0.2, 0.25) is 0 Å². The Bertz CT molecular complexity index is 800. The minimum atomic E-state index is -0.392. The molecule has 122 valence electrons. The summed E-state index contributed by atoms with van der Waals surface area (Å²) >= 11 is 3.37. The number of carbonyl (C=O) groups is 1. The van der Waals surface area contributed by atoms with Crippen LogP contribution in [0.4, 0.5) is 0 Å². The predicted octanol–water partition coefficient (Wildman–Crippen LogP) is 4.34. The molecule has 3 rings (SSSR count). The summed E-state index contributed by atoms with van der Waals surface area (Å²) in [5.41, 5.74) is 1.32. The molecule has 0 saturated carbocycles. The molecule has 5 nitrogen and oxygen atoms in total. The van der Waals surface area contributed by atoms with Crippen LogP contribution in [-0.4, -0.2) is 24.2 Å². The zero-order valence-electron chi connectivity index (χ0n) is 12.6. The summed E-state index contributed by atoms with van der Waals surface area (Å²) < 4.78 is 16.9. The van der Waals surface area contributed by atoms with Crippen molar-refractivity contribution in [2.45, 2.75) is 0 Å². The molecule has 0 amide bonds. The van der Waals surface area contributed by atoms with Crippen molar-refractivity contribution in [1.82, 2.24) is 4.98 Å². The zero-order chi connectivity index (χ0) is 16.8. The van der Waals surface area contributed by atoms with Crippen LogP contribution in [0.5, 0.6) is 5.75 Å². The molecular formula is C18H14BrNO4. The average molecular weight is 388 g/mol. The summed E-state index contributed by atoms with van der Waals surface area (Å²) in [5, 5.41) is 0. The molecule has 24 heavy (non-hydrogen) atoms. The third kappa shape index (κ3) is 4.23. The Balaban J connectivity index is 1.48. The van der Waals surface area contributed by atoms with E-state index in [-0.39, 0.29) is 6.61 Å². The smallest absolute Gasteiger partial charge is 0.338 e. The number of esters is 1. The van der Waals surface area contributed by atoms with Crippen molar-refractivity contribution in [3.63, 3.8) is 0 Å². The van der Waals surface area contributed by atoms with Gasteiger partial charge in [-0.05, 0) is 30.3 Å². The van der Waals surface area contributed by atoms with Crippen LogP contribution >= 0.6 is 15.9 Å². The van der Waals surface area contributed by atoms with Crippen molar-refractivity contribution < 1.29 is 18.7 Å². The Morgan fingerprint density at radius 1 is 1.12 bits per heavy atom. The van der Waals surface area contributed by atoms with E-state index in [9.17, 15) is 4.79 Å². The highest BCUT2D eigenvalue weighted by Gasteiger charge is 2.08. The predicted molar refractivity (Wildman–Crippen MR) is 91.9 cm³/mol. The molecule has 0 N–H and O–H groups in total. The van der Waals surface area contributed by atoms with E-state index < -0.39 is 5.97 Å². The van der Waals surface area contributed by atoms with Gasteiger partial charge in [-0.1, -0.05) is 34.1 Å². The maximum Gasteiger partial charge on any atom is 0.338 e. The van der Waals surface area contributed by atoms with Gasteiger partial charge in [0.25, 0.3) is 0 Å². The SMILES string of the molecule is O=C(OCCOc1cccc(Br)c1)c1ccc(-c2cnco2)cc1. The molecule has 0 aliphatic carbocycles. The summed E-state index contributed by atoms with van der Waals surface area (Å²) in [7, 11) is 0. The van der Waals surface area contributed by atoms with Crippen molar-refractivity contribution in [2.75, 3.05) is 13.2 Å². The van der Waals surface area contributed by atoms with Gasteiger partial charge in [0.05, 0.1) is 11.8 Å². The lowest BCUT2D eigenvalue weighted by molar-refractivity contribution is 0.0450. The van der Waals surface area contributed by atoms with Crippen LogP contribution in [0.25, 0.3) is 11.3 Å². The third-order valence-electron chi connectivity index (χ3n) is 3.22. The molecule has 1 heterocycles. The van der Waals surface area contributed by atoms with Crippen LogP contribution in [0.1, 0.15) is 10.4 Å². The Labute approximate surface area is 147 Å². The van der Waals surface area contributed by atoms with E-state index >= 15 is 0 Å². The molecule has 0 unspecified atom stereocenters. The standard InChI is InChI=1S/C18H14BrNO4/c19-15-2-1-3-16(10-15)22-8-9-23-18(21)14-6-4-13(5-7-14)17-11-20-12-24-17/h1-7,10-12H,8-9H2.